The van der Waals surface area contributed by atoms with Gasteiger partial charge >= 0.3 is 0 Å². The van der Waals surface area contributed by atoms with Gasteiger partial charge in [-0.05, 0) is 50.2 Å². The molecule has 0 aliphatic heterocycles. The van der Waals surface area contributed by atoms with Crippen LogP contribution < -0.4 is 9.80 Å². The Labute approximate surface area is 145 Å². The lowest BCUT2D eigenvalue weighted by atomic mass is 10.1. The fourth-order valence-corrected chi connectivity index (χ4v) is 2.85. The third-order valence-electron chi connectivity index (χ3n) is 4.45. The van der Waals surface area contributed by atoms with Crippen molar-refractivity contribution in [1.82, 2.24) is 0 Å². The molecule has 122 valence electrons. The average Bonchev–Trinajstić information content (AvgIpc) is 2.62. The first-order valence-corrected chi connectivity index (χ1v) is 8.26. The van der Waals surface area contributed by atoms with Crippen LogP contribution in [0.1, 0.15) is 11.1 Å². The van der Waals surface area contributed by atoms with Gasteiger partial charge in [-0.1, -0.05) is 47.5 Å². The fourth-order valence-electron chi connectivity index (χ4n) is 2.85. The monoisotopic (exact) mass is 316 g/mol. The molecule has 2 nitrogen and oxygen atoms in total. The second-order valence-corrected chi connectivity index (χ2v) is 6.28. The molecular formula is C22H24N2. The molecule has 0 bridgehead atoms. The highest BCUT2D eigenvalue weighted by molar-refractivity contribution is 5.80. The molecule has 0 radical (unpaired) electrons. The summed E-state index contributed by atoms with van der Waals surface area (Å²) < 4.78 is 0. The molecule has 2 heteroatoms. The SMILES string of the molecule is Cc1ccc(N(C)c2ccccc2N(C)c2ccc(C)cc2)cc1. The normalized spacial score (nSPS) is 10.5. The van der Waals surface area contributed by atoms with Crippen molar-refractivity contribution in [3.63, 3.8) is 0 Å². The van der Waals surface area contributed by atoms with Crippen LogP contribution in [0.5, 0.6) is 0 Å². The Hall–Kier alpha value is -2.74. The van der Waals surface area contributed by atoms with Crippen molar-refractivity contribution in [3.05, 3.63) is 83.9 Å². The number of benzene rings is 3. The van der Waals surface area contributed by atoms with Crippen LogP contribution >= 0.6 is 0 Å². The highest BCUT2D eigenvalue weighted by atomic mass is 15.2. The predicted molar refractivity (Wildman–Crippen MR) is 105 cm³/mol. The van der Waals surface area contributed by atoms with Crippen molar-refractivity contribution in [2.75, 3.05) is 23.9 Å². The van der Waals surface area contributed by atoms with Crippen molar-refractivity contribution in [1.29, 1.82) is 0 Å². The van der Waals surface area contributed by atoms with Gasteiger partial charge in [0.05, 0.1) is 11.4 Å². The highest BCUT2D eigenvalue weighted by Gasteiger charge is 2.13. The van der Waals surface area contributed by atoms with E-state index in [1.165, 1.54) is 33.9 Å². The molecule has 0 atom stereocenters. The minimum absolute atomic E-state index is 1.18. The van der Waals surface area contributed by atoms with Crippen LogP contribution in [-0.4, -0.2) is 14.1 Å². The molecule has 0 N–H and O–H groups in total. The van der Waals surface area contributed by atoms with Crippen LogP contribution in [0.2, 0.25) is 0 Å². The molecule has 3 aromatic rings. The lowest BCUT2D eigenvalue weighted by Crippen LogP contribution is -2.16. The molecule has 0 fully saturated rings. The Balaban J connectivity index is 1.98. The van der Waals surface area contributed by atoms with Gasteiger partial charge in [-0.2, -0.15) is 0 Å². The smallest absolute Gasteiger partial charge is 0.0649 e. The summed E-state index contributed by atoms with van der Waals surface area (Å²) in [5.74, 6) is 0. The molecule has 0 aliphatic rings. The molecule has 3 rings (SSSR count). The van der Waals surface area contributed by atoms with Crippen molar-refractivity contribution in [2.24, 2.45) is 0 Å². The summed E-state index contributed by atoms with van der Waals surface area (Å²) in [5, 5.41) is 0. The topological polar surface area (TPSA) is 6.48 Å². The molecule has 0 heterocycles. The first kappa shape index (κ1) is 16.1. The first-order valence-electron chi connectivity index (χ1n) is 8.26. The molecular weight excluding hydrogens is 292 g/mol. The van der Waals surface area contributed by atoms with Crippen LogP contribution in [0.4, 0.5) is 22.7 Å². The Morgan fingerprint density at radius 3 is 1.17 bits per heavy atom. The number of anilines is 4. The number of hydrogen-bond donors (Lipinski definition) is 0. The molecule has 0 unspecified atom stereocenters. The number of nitrogens with zero attached hydrogens (tertiary/aromatic N) is 2. The van der Waals surface area contributed by atoms with Crippen molar-refractivity contribution in [3.8, 4) is 0 Å². The van der Waals surface area contributed by atoms with Crippen molar-refractivity contribution < 1.29 is 0 Å². The number of aryl methyl sites for hydroxylation is 2. The van der Waals surface area contributed by atoms with Crippen LogP contribution in [0, 0.1) is 13.8 Å². The molecule has 24 heavy (non-hydrogen) atoms. The maximum absolute atomic E-state index is 2.24. The molecule has 0 spiro atoms. The van der Waals surface area contributed by atoms with Gasteiger partial charge in [0.25, 0.3) is 0 Å². The van der Waals surface area contributed by atoms with Crippen molar-refractivity contribution in [2.45, 2.75) is 13.8 Å². The second kappa shape index (κ2) is 6.79. The van der Waals surface area contributed by atoms with Gasteiger partial charge in [0.2, 0.25) is 0 Å². The standard InChI is InChI=1S/C22H24N2/c1-17-9-13-19(14-10-17)23(3)21-7-5-6-8-22(21)24(4)20-15-11-18(2)12-16-20/h5-16H,1-4H3. The summed E-state index contributed by atoms with van der Waals surface area (Å²) in [7, 11) is 4.24. The third kappa shape index (κ3) is 3.28. The molecule has 0 saturated carbocycles. The number of para-hydroxylation sites is 2. The van der Waals surface area contributed by atoms with Gasteiger partial charge in [-0.25, -0.2) is 0 Å². The molecule has 0 saturated heterocycles. The van der Waals surface area contributed by atoms with E-state index in [4.69, 9.17) is 0 Å². The van der Waals surface area contributed by atoms with E-state index in [0.717, 1.165) is 0 Å². The summed E-state index contributed by atoms with van der Waals surface area (Å²) in [4.78, 5) is 4.47. The van der Waals surface area contributed by atoms with Gasteiger partial charge in [-0.15, -0.1) is 0 Å². The number of hydrogen-bond acceptors (Lipinski definition) is 2. The molecule has 0 aliphatic carbocycles. The third-order valence-corrected chi connectivity index (χ3v) is 4.45. The maximum atomic E-state index is 2.24. The summed E-state index contributed by atoms with van der Waals surface area (Å²) in [6.45, 7) is 4.23. The van der Waals surface area contributed by atoms with Crippen molar-refractivity contribution >= 4 is 22.7 Å². The van der Waals surface area contributed by atoms with Crippen LogP contribution in [0.3, 0.4) is 0 Å². The first-order chi connectivity index (χ1) is 11.6. The predicted octanol–water partition coefficient (Wildman–Crippen LogP) is 5.84. The zero-order valence-corrected chi connectivity index (χ0v) is 14.8. The minimum atomic E-state index is 1.18. The molecule has 3 aromatic carbocycles. The average molecular weight is 316 g/mol. The van der Waals surface area contributed by atoms with E-state index in [1.54, 1.807) is 0 Å². The Bertz CT molecular complexity index is 734. The lowest BCUT2D eigenvalue weighted by Gasteiger charge is -2.28. The van der Waals surface area contributed by atoms with E-state index in [1.807, 2.05) is 0 Å². The summed E-state index contributed by atoms with van der Waals surface area (Å²) in [6, 6.07) is 25.8. The zero-order valence-electron chi connectivity index (χ0n) is 14.8. The van der Waals surface area contributed by atoms with Gasteiger partial charge in [0.15, 0.2) is 0 Å². The van der Waals surface area contributed by atoms with E-state index in [2.05, 4.69) is 111 Å². The van der Waals surface area contributed by atoms with Gasteiger partial charge in [0.1, 0.15) is 0 Å². The maximum Gasteiger partial charge on any atom is 0.0649 e. The van der Waals surface area contributed by atoms with Gasteiger partial charge < -0.3 is 9.80 Å². The van der Waals surface area contributed by atoms with E-state index in [0.29, 0.717) is 0 Å². The highest BCUT2D eigenvalue weighted by Crippen LogP contribution is 2.36. The summed E-state index contributed by atoms with van der Waals surface area (Å²) in [5.41, 5.74) is 7.29. The molecule has 0 aromatic heterocycles. The van der Waals surface area contributed by atoms with E-state index >= 15 is 0 Å². The summed E-state index contributed by atoms with van der Waals surface area (Å²) >= 11 is 0. The van der Waals surface area contributed by atoms with E-state index in [-0.39, 0.29) is 0 Å². The van der Waals surface area contributed by atoms with Gasteiger partial charge in [0, 0.05) is 25.5 Å². The Morgan fingerprint density at radius 1 is 0.500 bits per heavy atom. The fraction of sp³-hybridized carbons (Fsp3) is 0.182. The lowest BCUT2D eigenvalue weighted by molar-refractivity contribution is 1.15. The molecule has 0 amide bonds. The number of rotatable bonds is 4. The quantitative estimate of drug-likeness (QED) is 0.596. The Morgan fingerprint density at radius 2 is 0.833 bits per heavy atom. The van der Waals surface area contributed by atoms with E-state index in [9.17, 15) is 0 Å². The van der Waals surface area contributed by atoms with E-state index < -0.39 is 0 Å². The van der Waals surface area contributed by atoms with Gasteiger partial charge in [-0.3, -0.25) is 0 Å². The Kier molecular flexibility index (Phi) is 4.57. The van der Waals surface area contributed by atoms with Crippen LogP contribution in [-0.2, 0) is 0 Å². The second-order valence-electron chi connectivity index (χ2n) is 6.28. The van der Waals surface area contributed by atoms with Crippen LogP contribution in [0.25, 0.3) is 0 Å². The largest absolute Gasteiger partial charge is 0.343 e. The van der Waals surface area contributed by atoms with Crippen LogP contribution in [0.15, 0.2) is 72.8 Å². The minimum Gasteiger partial charge on any atom is -0.343 e. The zero-order chi connectivity index (χ0) is 17.1. The summed E-state index contributed by atoms with van der Waals surface area (Å²) in [6.07, 6.45) is 0.